The molecule has 27 heavy (non-hydrogen) atoms. The molecule has 5 heteroatoms. The van der Waals surface area contributed by atoms with Crippen LogP contribution in [-0.2, 0) is 16.6 Å². The van der Waals surface area contributed by atoms with Gasteiger partial charge in [0.05, 0.1) is 11.0 Å². The lowest BCUT2D eigenvalue weighted by molar-refractivity contribution is -0.170. The zero-order valence-corrected chi connectivity index (χ0v) is 16.2. The standard InChI is InChI=1S/C22H29NO4/c1-3-9-21-18-14-6-7-15(24)19(18)27-20(21)16(25)8-10-22(21,26)17(11-14)23(2)12-13-4-5-13/h6-7,13,17,20,24,26H,3-5,8-12H2,1-2H3. The molecule has 3 aliphatic carbocycles. The Morgan fingerprint density at radius 2 is 2.11 bits per heavy atom. The monoisotopic (exact) mass is 371 g/mol. The largest absolute Gasteiger partial charge is 0.504 e. The molecule has 5 nitrogen and oxygen atoms in total. The first-order valence-corrected chi connectivity index (χ1v) is 10.4. The molecule has 2 N–H and O–H groups in total. The van der Waals surface area contributed by atoms with Crippen LogP contribution in [0.15, 0.2) is 12.1 Å². The highest BCUT2D eigenvalue weighted by molar-refractivity contribution is 5.89. The van der Waals surface area contributed by atoms with Crippen molar-refractivity contribution in [1.29, 1.82) is 0 Å². The third-order valence-electron chi connectivity index (χ3n) is 7.55. The van der Waals surface area contributed by atoms with E-state index in [9.17, 15) is 15.0 Å². The van der Waals surface area contributed by atoms with Gasteiger partial charge in [-0.2, -0.15) is 0 Å². The molecule has 4 atom stereocenters. The van der Waals surface area contributed by atoms with Crippen molar-refractivity contribution in [3.05, 3.63) is 23.3 Å². The first-order valence-electron chi connectivity index (χ1n) is 10.4. The molecule has 0 spiro atoms. The Balaban J connectivity index is 1.71. The summed E-state index contributed by atoms with van der Waals surface area (Å²) in [4.78, 5) is 15.2. The fourth-order valence-corrected chi connectivity index (χ4v) is 6.26. The number of hydrogen-bond donors (Lipinski definition) is 2. The zero-order valence-electron chi connectivity index (χ0n) is 16.2. The van der Waals surface area contributed by atoms with Gasteiger partial charge in [-0.05, 0) is 56.7 Å². The van der Waals surface area contributed by atoms with Crippen molar-refractivity contribution in [2.75, 3.05) is 13.6 Å². The normalized spacial score (nSPS) is 36.7. The molecule has 0 aromatic heterocycles. The molecule has 1 heterocycles. The van der Waals surface area contributed by atoms with Crippen molar-refractivity contribution in [3.63, 3.8) is 0 Å². The molecule has 0 saturated heterocycles. The van der Waals surface area contributed by atoms with Gasteiger partial charge >= 0.3 is 0 Å². The van der Waals surface area contributed by atoms with Crippen LogP contribution in [-0.4, -0.2) is 52.2 Å². The van der Waals surface area contributed by atoms with Crippen LogP contribution in [0.2, 0.25) is 0 Å². The number of aliphatic hydroxyl groups is 1. The molecular formula is C22H29NO4. The Kier molecular flexibility index (Phi) is 3.70. The highest BCUT2D eigenvalue weighted by Gasteiger charge is 2.70. The van der Waals surface area contributed by atoms with Crippen LogP contribution in [0, 0.1) is 5.92 Å². The molecule has 2 saturated carbocycles. The van der Waals surface area contributed by atoms with E-state index in [-0.39, 0.29) is 17.6 Å². The number of aromatic hydroxyl groups is 1. The van der Waals surface area contributed by atoms with Crippen molar-refractivity contribution < 1.29 is 19.7 Å². The summed E-state index contributed by atoms with van der Waals surface area (Å²) in [5, 5.41) is 22.7. The topological polar surface area (TPSA) is 70.0 Å². The molecule has 4 unspecified atom stereocenters. The van der Waals surface area contributed by atoms with Crippen LogP contribution >= 0.6 is 0 Å². The second-order valence-electron chi connectivity index (χ2n) is 9.16. The minimum atomic E-state index is -1.02. The maximum absolute atomic E-state index is 12.9. The lowest BCUT2D eigenvalue weighted by Crippen LogP contribution is -2.72. The maximum atomic E-state index is 12.9. The quantitative estimate of drug-likeness (QED) is 0.832. The third-order valence-corrected chi connectivity index (χ3v) is 7.55. The molecule has 5 rings (SSSR count). The average molecular weight is 371 g/mol. The predicted octanol–water partition coefficient (Wildman–Crippen LogP) is 2.55. The first-order chi connectivity index (χ1) is 12.9. The summed E-state index contributed by atoms with van der Waals surface area (Å²) in [6, 6.07) is 3.61. The molecule has 1 aliphatic heterocycles. The predicted molar refractivity (Wildman–Crippen MR) is 101 cm³/mol. The second-order valence-corrected chi connectivity index (χ2v) is 9.16. The maximum Gasteiger partial charge on any atom is 0.174 e. The van der Waals surface area contributed by atoms with E-state index < -0.39 is 17.1 Å². The number of benzene rings is 1. The van der Waals surface area contributed by atoms with Gasteiger partial charge < -0.3 is 14.9 Å². The van der Waals surface area contributed by atoms with Crippen molar-refractivity contribution in [3.8, 4) is 11.5 Å². The van der Waals surface area contributed by atoms with Crippen molar-refractivity contribution in [2.45, 2.75) is 75.0 Å². The Bertz CT molecular complexity index is 804. The minimum Gasteiger partial charge on any atom is -0.504 e. The van der Waals surface area contributed by atoms with Crippen LogP contribution in [0.1, 0.15) is 56.6 Å². The van der Waals surface area contributed by atoms with E-state index in [0.29, 0.717) is 25.0 Å². The van der Waals surface area contributed by atoms with Crippen molar-refractivity contribution in [2.24, 2.45) is 5.92 Å². The van der Waals surface area contributed by atoms with Gasteiger partial charge in [0, 0.05) is 24.6 Å². The average Bonchev–Trinajstić information content (AvgIpc) is 3.37. The van der Waals surface area contributed by atoms with Gasteiger partial charge in [-0.3, -0.25) is 9.69 Å². The highest BCUT2D eigenvalue weighted by Crippen LogP contribution is 2.63. The van der Waals surface area contributed by atoms with E-state index in [1.165, 1.54) is 12.8 Å². The lowest BCUT2D eigenvalue weighted by atomic mass is 9.50. The fourth-order valence-electron chi connectivity index (χ4n) is 6.26. The van der Waals surface area contributed by atoms with Crippen LogP contribution in [0.25, 0.3) is 0 Å². The van der Waals surface area contributed by atoms with Crippen LogP contribution < -0.4 is 4.74 Å². The molecule has 0 amide bonds. The summed E-state index contributed by atoms with van der Waals surface area (Å²) in [7, 11) is 2.12. The van der Waals surface area contributed by atoms with Gasteiger partial charge in [0.1, 0.15) is 0 Å². The van der Waals surface area contributed by atoms with Crippen LogP contribution in [0.3, 0.4) is 0 Å². The van der Waals surface area contributed by atoms with Crippen LogP contribution in [0.4, 0.5) is 0 Å². The number of ketones is 1. The number of rotatable bonds is 5. The Morgan fingerprint density at radius 1 is 1.33 bits per heavy atom. The van der Waals surface area contributed by atoms with Gasteiger partial charge in [-0.25, -0.2) is 0 Å². The number of likely N-dealkylation sites (N-methyl/N-ethyl adjacent to an activating group) is 1. The number of carbonyl (C=O) groups excluding carboxylic acids is 1. The number of Topliss-reactive ketones (excluding diaryl/α,β-unsaturated/α-hetero) is 1. The molecule has 2 fully saturated rings. The van der Waals surface area contributed by atoms with Gasteiger partial charge in [0.2, 0.25) is 0 Å². The summed E-state index contributed by atoms with van der Waals surface area (Å²) in [5.41, 5.74) is 0.255. The second kappa shape index (κ2) is 5.71. The zero-order chi connectivity index (χ0) is 19.0. The summed E-state index contributed by atoms with van der Waals surface area (Å²) in [6.45, 7) is 3.09. The summed E-state index contributed by atoms with van der Waals surface area (Å²) in [6.07, 6.45) is 4.95. The number of phenolic OH excluding ortho intramolecular Hbond substituents is 1. The summed E-state index contributed by atoms with van der Waals surface area (Å²) in [5.74, 6) is 1.31. The fraction of sp³-hybridized carbons (Fsp3) is 0.682. The number of carbonyl (C=O) groups is 1. The lowest BCUT2D eigenvalue weighted by Gasteiger charge is -2.58. The van der Waals surface area contributed by atoms with Crippen LogP contribution in [0.5, 0.6) is 11.5 Å². The molecule has 146 valence electrons. The van der Waals surface area contributed by atoms with E-state index in [2.05, 4.69) is 18.9 Å². The van der Waals surface area contributed by atoms with Gasteiger partial charge in [0.15, 0.2) is 23.4 Å². The van der Waals surface area contributed by atoms with Gasteiger partial charge in [-0.1, -0.05) is 19.4 Å². The molecule has 0 bridgehead atoms. The van der Waals surface area contributed by atoms with E-state index in [0.717, 1.165) is 36.4 Å². The smallest absolute Gasteiger partial charge is 0.174 e. The molecular weight excluding hydrogens is 342 g/mol. The van der Waals surface area contributed by atoms with Gasteiger partial charge in [-0.15, -0.1) is 0 Å². The van der Waals surface area contributed by atoms with Crippen molar-refractivity contribution in [1.82, 2.24) is 4.90 Å². The number of ether oxygens (including phenoxy) is 1. The molecule has 0 radical (unpaired) electrons. The third kappa shape index (κ3) is 2.16. The Labute approximate surface area is 160 Å². The molecule has 1 aromatic rings. The van der Waals surface area contributed by atoms with Gasteiger partial charge in [0.25, 0.3) is 0 Å². The van der Waals surface area contributed by atoms with E-state index >= 15 is 0 Å². The van der Waals surface area contributed by atoms with E-state index in [1.807, 2.05) is 6.07 Å². The highest BCUT2D eigenvalue weighted by atomic mass is 16.5. The number of hydrogen-bond acceptors (Lipinski definition) is 5. The number of phenols is 1. The summed E-state index contributed by atoms with van der Waals surface area (Å²) < 4.78 is 6.11. The Morgan fingerprint density at radius 3 is 2.81 bits per heavy atom. The summed E-state index contributed by atoms with van der Waals surface area (Å²) >= 11 is 0. The van der Waals surface area contributed by atoms with Crippen molar-refractivity contribution >= 4 is 5.78 Å². The first kappa shape index (κ1) is 17.5. The van der Waals surface area contributed by atoms with E-state index in [1.54, 1.807) is 6.07 Å². The molecule has 1 aromatic carbocycles. The number of nitrogens with zero attached hydrogens (tertiary/aromatic N) is 1. The van der Waals surface area contributed by atoms with E-state index in [4.69, 9.17) is 4.74 Å². The minimum absolute atomic E-state index is 0.0353. The Hall–Kier alpha value is -1.59. The molecule has 4 aliphatic rings. The SMILES string of the molecule is CCCC12c3c4ccc(O)c3OC1C(=O)CCC2(O)C(N(C)CC1CC1)C4.